The minimum absolute atomic E-state index is 0.208. The number of amidine groups is 1. The summed E-state index contributed by atoms with van der Waals surface area (Å²) in [6, 6.07) is 6.04. The van der Waals surface area contributed by atoms with Crippen LogP contribution in [0.4, 0.5) is 10.2 Å². The minimum atomic E-state index is -0.569. The maximum atomic E-state index is 14.0. The third kappa shape index (κ3) is 4.29. The van der Waals surface area contributed by atoms with Crippen molar-refractivity contribution in [3.8, 4) is 5.75 Å². The van der Waals surface area contributed by atoms with Crippen LogP contribution in [0.3, 0.4) is 0 Å². The fourth-order valence-corrected chi connectivity index (χ4v) is 3.27. The first-order valence-electron chi connectivity index (χ1n) is 9.48. The van der Waals surface area contributed by atoms with Gasteiger partial charge in [0.15, 0.2) is 11.6 Å². The molecule has 2 heterocycles. The molecule has 156 valence electrons. The van der Waals surface area contributed by atoms with Crippen LogP contribution in [0.15, 0.2) is 41.0 Å². The van der Waals surface area contributed by atoms with E-state index in [0.29, 0.717) is 46.1 Å². The van der Waals surface area contributed by atoms with Gasteiger partial charge in [-0.2, -0.15) is 0 Å². The molecule has 6 N–H and O–H groups in total. The molecule has 1 aliphatic heterocycles. The van der Waals surface area contributed by atoms with Crippen LogP contribution < -0.4 is 21.1 Å². The monoisotopic (exact) mass is 409 g/mol. The highest BCUT2D eigenvalue weighted by atomic mass is 19.1. The molecule has 2 bridgehead atoms. The molecule has 3 rings (SSSR count). The van der Waals surface area contributed by atoms with Crippen molar-refractivity contribution in [3.05, 3.63) is 58.5 Å². The van der Waals surface area contributed by atoms with Crippen molar-refractivity contribution in [1.29, 1.82) is 10.8 Å². The predicted octanol–water partition coefficient (Wildman–Crippen LogP) is 2.87. The van der Waals surface area contributed by atoms with Crippen molar-refractivity contribution in [2.75, 3.05) is 18.8 Å². The van der Waals surface area contributed by atoms with Crippen LogP contribution >= 0.6 is 0 Å². The van der Waals surface area contributed by atoms with Gasteiger partial charge in [-0.3, -0.25) is 5.41 Å². The summed E-state index contributed by atoms with van der Waals surface area (Å²) in [4.78, 5) is 8.36. The van der Waals surface area contributed by atoms with Gasteiger partial charge in [0.2, 0.25) is 0 Å². The predicted molar refractivity (Wildman–Crippen MR) is 117 cm³/mol. The highest BCUT2D eigenvalue weighted by molar-refractivity contribution is 6.04. The number of rotatable bonds is 4. The summed E-state index contributed by atoms with van der Waals surface area (Å²) in [7, 11) is 0. The quantitative estimate of drug-likeness (QED) is 0.391. The summed E-state index contributed by atoms with van der Waals surface area (Å²) in [5.74, 6) is 0.522. The van der Waals surface area contributed by atoms with E-state index in [4.69, 9.17) is 21.3 Å². The maximum absolute atomic E-state index is 14.0. The Labute approximate surface area is 174 Å². The van der Waals surface area contributed by atoms with Crippen LogP contribution in [-0.4, -0.2) is 36.5 Å². The molecule has 0 saturated heterocycles. The van der Waals surface area contributed by atoms with E-state index >= 15 is 0 Å². The number of anilines is 1. The molecule has 30 heavy (non-hydrogen) atoms. The number of hydrogen-bond donors (Lipinski definition) is 5. The van der Waals surface area contributed by atoms with E-state index in [1.807, 2.05) is 6.92 Å². The Morgan fingerprint density at radius 3 is 2.90 bits per heavy atom. The van der Waals surface area contributed by atoms with E-state index in [9.17, 15) is 4.39 Å². The van der Waals surface area contributed by atoms with Crippen molar-refractivity contribution >= 4 is 29.9 Å². The summed E-state index contributed by atoms with van der Waals surface area (Å²) in [6.45, 7) is 4.62. The van der Waals surface area contributed by atoms with Crippen molar-refractivity contribution in [2.24, 2.45) is 4.99 Å². The topological polar surface area (TPSA) is 132 Å². The molecule has 0 aliphatic carbocycles. The first-order valence-corrected chi connectivity index (χ1v) is 9.48. The minimum Gasteiger partial charge on any atom is -0.482 e. The first-order chi connectivity index (χ1) is 14.5. The molecule has 1 aliphatic rings. The largest absolute Gasteiger partial charge is 0.482 e. The number of benzene rings is 1. The highest BCUT2D eigenvalue weighted by Gasteiger charge is 2.21. The Morgan fingerprint density at radius 2 is 2.20 bits per heavy atom. The molecule has 0 radical (unpaired) electrons. The van der Waals surface area contributed by atoms with Crippen molar-refractivity contribution in [3.63, 3.8) is 0 Å². The SMILES string of the molecule is CCN/C1=C(\C=N)CN/C(=N\C=N)c2ccc(F)cc2[C@@H](C)Oc2cc1cnc2N. The number of pyridine rings is 1. The summed E-state index contributed by atoms with van der Waals surface area (Å²) in [5.41, 5.74) is 9.22. The second kappa shape index (κ2) is 9.17. The summed E-state index contributed by atoms with van der Waals surface area (Å²) < 4.78 is 20.1. The van der Waals surface area contributed by atoms with Gasteiger partial charge in [-0.15, -0.1) is 0 Å². The Hall–Kier alpha value is -3.75. The number of hydrogen-bond acceptors (Lipinski definition) is 6. The van der Waals surface area contributed by atoms with Crippen molar-refractivity contribution in [2.45, 2.75) is 20.0 Å². The fourth-order valence-electron chi connectivity index (χ4n) is 3.27. The molecule has 0 fully saturated rings. The van der Waals surface area contributed by atoms with Crippen molar-refractivity contribution < 1.29 is 9.13 Å². The Bertz CT molecular complexity index is 1030. The van der Waals surface area contributed by atoms with Crippen LogP contribution in [0.1, 0.15) is 36.6 Å². The molecule has 8 nitrogen and oxygen atoms in total. The number of fused-ring (bicyclic) bond motifs is 3. The Balaban J connectivity index is 2.25. The number of nitrogens with zero attached hydrogens (tertiary/aromatic N) is 2. The summed E-state index contributed by atoms with van der Waals surface area (Å²) in [5, 5.41) is 21.8. The molecule has 0 saturated carbocycles. The Morgan fingerprint density at radius 1 is 1.40 bits per heavy atom. The molecule has 2 aromatic rings. The van der Waals surface area contributed by atoms with Gasteiger partial charge >= 0.3 is 0 Å². The van der Waals surface area contributed by atoms with Crippen LogP contribution in [-0.2, 0) is 0 Å². The summed E-state index contributed by atoms with van der Waals surface area (Å²) in [6.07, 6.45) is 3.20. The van der Waals surface area contributed by atoms with Gasteiger partial charge in [-0.05, 0) is 38.1 Å². The van der Waals surface area contributed by atoms with Gasteiger partial charge in [-0.1, -0.05) is 0 Å². The zero-order chi connectivity index (χ0) is 21.7. The van der Waals surface area contributed by atoms with E-state index < -0.39 is 11.9 Å². The van der Waals surface area contributed by atoms with Gasteiger partial charge in [0.25, 0.3) is 0 Å². The zero-order valence-corrected chi connectivity index (χ0v) is 16.8. The number of nitrogen functional groups attached to an aromatic ring is 1. The Kier molecular flexibility index (Phi) is 6.41. The maximum Gasteiger partial charge on any atom is 0.166 e. The number of aliphatic imine (C=N–C) groups is 1. The van der Waals surface area contributed by atoms with Crippen LogP contribution in [0, 0.1) is 16.6 Å². The number of aromatic nitrogens is 1. The van der Waals surface area contributed by atoms with E-state index in [0.717, 1.165) is 6.34 Å². The lowest BCUT2D eigenvalue weighted by Gasteiger charge is -2.23. The average Bonchev–Trinajstić information content (AvgIpc) is 2.73. The molecule has 1 aromatic carbocycles. The number of nitrogens with one attached hydrogen (secondary N) is 4. The fraction of sp³-hybridized carbons (Fsp3) is 0.238. The molecule has 9 heteroatoms. The smallest absolute Gasteiger partial charge is 0.166 e. The third-order valence-electron chi connectivity index (χ3n) is 4.67. The van der Waals surface area contributed by atoms with Crippen LogP contribution in [0.25, 0.3) is 5.70 Å². The lowest BCUT2D eigenvalue weighted by Crippen LogP contribution is -2.31. The van der Waals surface area contributed by atoms with Gasteiger partial charge < -0.3 is 26.5 Å². The van der Waals surface area contributed by atoms with Crippen LogP contribution in [0.2, 0.25) is 0 Å². The second-order valence-electron chi connectivity index (χ2n) is 6.63. The van der Waals surface area contributed by atoms with Gasteiger partial charge in [0, 0.05) is 53.5 Å². The molecule has 0 unspecified atom stereocenters. The lowest BCUT2D eigenvalue weighted by molar-refractivity contribution is 0.227. The molecular weight excluding hydrogens is 385 g/mol. The van der Waals surface area contributed by atoms with E-state index in [2.05, 4.69) is 20.6 Å². The molecule has 0 amide bonds. The van der Waals surface area contributed by atoms with E-state index in [-0.39, 0.29) is 12.4 Å². The normalized spacial score (nSPS) is 20.1. The number of ether oxygens (including phenoxy) is 1. The second-order valence-corrected chi connectivity index (χ2v) is 6.63. The lowest BCUT2D eigenvalue weighted by atomic mass is 10.0. The van der Waals surface area contributed by atoms with Crippen LogP contribution in [0.5, 0.6) is 5.75 Å². The first kappa shape index (κ1) is 21.0. The molecule has 1 aromatic heterocycles. The van der Waals surface area contributed by atoms with Gasteiger partial charge in [0.05, 0.1) is 0 Å². The number of nitrogens with two attached hydrogens (primary N) is 1. The highest BCUT2D eigenvalue weighted by Crippen LogP contribution is 2.31. The zero-order valence-electron chi connectivity index (χ0n) is 16.8. The molecule has 0 spiro atoms. The van der Waals surface area contributed by atoms with Crippen molar-refractivity contribution in [1.82, 2.24) is 15.6 Å². The van der Waals surface area contributed by atoms with E-state index in [1.165, 1.54) is 18.3 Å². The standard InChI is InChI=1S/C21H24FN7O/c1-3-26-19-13-6-18(20(25)27-9-13)30-12(2)17-7-15(22)4-5-16(17)21(29-11-24)28-10-14(19)8-23/h4-9,11-12,23,26H,3,10H2,1-2H3,(H2,25,27)(H2,24,28,29)/b19-14+,23-8?/t12-/m1/s1. The number of halogens is 1. The third-order valence-corrected chi connectivity index (χ3v) is 4.67. The van der Waals surface area contributed by atoms with Gasteiger partial charge in [0.1, 0.15) is 24.1 Å². The summed E-state index contributed by atoms with van der Waals surface area (Å²) >= 11 is 0. The molecule has 1 atom stereocenters. The average molecular weight is 409 g/mol. The van der Waals surface area contributed by atoms with Gasteiger partial charge in [-0.25, -0.2) is 14.4 Å². The van der Waals surface area contributed by atoms with E-state index in [1.54, 1.807) is 25.3 Å². The molecular formula is C21H24FN7O.